The highest BCUT2D eigenvalue weighted by Crippen LogP contribution is 2.19. The van der Waals surface area contributed by atoms with E-state index in [0.717, 1.165) is 10.4 Å². The zero-order chi connectivity index (χ0) is 14.6. The van der Waals surface area contributed by atoms with Crippen LogP contribution in [0.4, 0.5) is 4.39 Å². The van der Waals surface area contributed by atoms with Gasteiger partial charge in [-0.1, -0.05) is 26.0 Å². The van der Waals surface area contributed by atoms with Gasteiger partial charge in [-0.15, -0.1) is 0 Å². The van der Waals surface area contributed by atoms with Crippen molar-refractivity contribution in [3.63, 3.8) is 0 Å². The average molecular weight is 287 g/mol. The van der Waals surface area contributed by atoms with Crippen LogP contribution in [-0.4, -0.2) is 31.6 Å². The predicted octanol–water partition coefficient (Wildman–Crippen LogP) is 1.41. The van der Waals surface area contributed by atoms with E-state index >= 15 is 0 Å². The van der Waals surface area contributed by atoms with Crippen LogP contribution in [0.2, 0.25) is 0 Å². The van der Waals surface area contributed by atoms with Gasteiger partial charge in [0.25, 0.3) is 0 Å². The van der Waals surface area contributed by atoms with Gasteiger partial charge in [0.15, 0.2) is 0 Å². The molecule has 106 valence electrons. The first-order valence-electron chi connectivity index (χ1n) is 5.89. The maximum atomic E-state index is 13.6. The van der Waals surface area contributed by atoms with Crippen molar-refractivity contribution < 1.29 is 12.8 Å². The molecule has 1 rings (SSSR count). The van der Waals surface area contributed by atoms with Crippen molar-refractivity contribution in [2.75, 3.05) is 13.1 Å². The Morgan fingerprint density at radius 3 is 2.53 bits per heavy atom. The molecule has 0 spiro atoms. The van der Waals surface area contributed by atoms with Gasteiger partial charge in [-0.3, -0.25) is 5.41 Å². The van der Waals surface area contributed by atoms with Crippen LogP contribution in [0.15, 0.2) is 29.2 Å². The fourth-order valence-electron chi connectivity index (χ4n) is 1.59. The smallest absolute Gasteiger partial charge is 0.245 e. The lowest BCUT2D eigenvalue weighted by atomic mass is 10.1. The fraction of sp³-hybridized carbons (Fsp3) is 0.417. The van der Waals surface area contributed by atoms with Crippen molar-refractivity contribution in [1.29, 1.82) is 5.41 Å². The summed E-state index contributed by atoms with van der Waals surface area (Å²) in [6, 6.07) is 5.24. The van der Waals surface area contributed by atoms with Gasteiger partial charge in [-0.05, 0) is 12.1 Å². The molecule has 0 saturated carbocycles. The molecule has 0 bridgehead atoms. The van der Waals surface area contributed by atoms with E-state index in [4.69, 9.17) is 11.1 Å². The van der Waals surface area contributed by atoms with Crippen LogP contribution in [0.3, 0.4) is 0 Å². The molecule has 1 aromatic carbocycles. The number of sulfonamides is 1. The first kappa shape index (κ1) is 15.6. The molecule has 0 aliphatic carbocycles. The summed E-state index contributed by atoms with van der Waals surface area (Å²) in [5.74, 6) is -1.29. The van der Waals surface area contributed by atoms with Crippen LogP contribution >= 0.6 is 0 Å². The van der Waals surface area contributed by atoms with Crippen molar-refractivity contribution in [1.82, 2.24) is 4.31 Å². The molecule has 19 heavy (non-hydrogen) atoms. The molecule has 0 radical (unpaired) electrons. The zero-order valence-electron chi connectivity index (χ0n) is 10.9. The third kappa shape index (κ3) is 3.51. The average Bonchev–Trinajstić information content (AvgIpc) is 2.35. The lowest BCUT2D eigenvalue weighted by molar-refractivity contribution is 0.400. The van der Waals surface area contributed by atoms with E-state index in [0.29, 0.717) is 0 Å². The first-order chi connectivity index (χ1) is 8.80. The van der Waals surface area contributed by atoms with Gasteiger partial charge in [0.1, 0.15) is 10.7 Å². The lowest BCUT2D eigenvalue weighted by Crippen LogP contribution is -2.38. The minimum absolute atomic E-state index is 0.0580. The van der Waals surface area contributed by atoms with Crippen molar-refractivity contribution >= 4 is 15.9 Å². The first-order valence-corrected chi connectivity index (χ1v) is 7.33. The lowest BCUT2D eigenvalue weighted by Gasteiger charge is -2.23. The van der Waals surface area contributed by atoms with Crippen molar-refractivity contribution in [2.24, 2.45) is 11.7 Å². The van der Waals surface area contributed by atoms with E-state index < -0.39 is 21.8 Å². The Kier molecular flexibility index (Phi) is 5.02. The Morgan fingerprint density at radius 1 is 1.47 bits per heavy atom. The van der Waals surface area contributed by atoms with E-state index in [2.05, 4.69) is 0 Å². The third-order valence-electron chi connectivity index (χ3n) is 2.82. The maximum absolute atomic E-state index is 13.6. The quantitative estimate of drug-likeness (QED) is 0.612. The molecule has 5 nitrogen and oxygen atoms in total. The summed E-state index contributed by atoms with van der Waals surface area (Å²) in [5.41, 5.74) is 5.34. The summed E-state index contributed by atoms with van der Waals surface area (Å²) >= 11 is 0. The summed E-state index contributed by atoms with van der Waals surface area (Å²) in [7, 11) is -3.90. The monoisotopic (exact) mass is 287 g/mol. The zero-order valence-corrected chi connectivity index (χ0v) is 11.7. The van der Waals surface area contributed by atoms with Crippen molar-refractivity contribution in [3.8, 4) is 0 Å². The van der Waals surface area contributed by atoms with Gasteiger partial charge in [0.05, 0.1) is 5.84 Å². The van der Waals surface area contributed by atoms with Crippen LogP contribution in [0, 0.1) is 17.1 Å². The van der Waals surface area contributed by atoms with Gasteiger partial charge in [-0.2, -0.15) is 4.31 Å². The second-order valence-corrected chi connectivity index (χ2v) is 6.15. The number of hydrogen-bond donors (Lipinski definition) is 2. The molecule has 7 heteroatoms. The number of halogens is 1. The highest BCUT2D eigenvalue weighted by Gasteiger charge is 2.27. The SMILES string of the molecule is CCN(CC(C)C(=N)N)S(=O)(=O)c1ccccc1F. The number of rotatable bonds is 6. The Morgan fingerprint density at radius 2 is 2.05 bits per heavy atom. The molecular weight excluding hydrogens is 269 g/mol. The summed E-state index contributed by atoms with van der Waals surface area (Å²) in [6.07, 6.45) is 0. The van der Waals surface area contributed by atoms with Gasteiger partial charge < -0.3 is 5.73 Å². The summed E-state index contributed by atoms with van der Waals surface area (Å²) in [6.45, 7) is 3.56. The van der Waals surface area contributed by atoms with Gasteiger partial charge in [0, 0.05) is 19.0 Å². The van der Waals surface area contributed by atoms with E-state index in [1.807, 2.05) is 0 Å². The van der Waals surface area contributed by atoms with Crippen LogP contribution < -0.4 is 5.73 Å². The van der Waals surface area contributed by atoms with E-state index in [-0.39, 0.29) is 23.8 Å². The van der Waals surface area contributed by atoms with E-state index in [1.54, 1.807) is 13.8 Å². The summed E-state index contributed by atoms with van der Waals surface area (Å²) < 4.78 is 39.4. The van der Waals surface area contributed by atoms with Gasteiger partial charge in [0.2, 0.25) is 10.0 Å². The number of nitrogens with two attached hydrogens (primary N) is 1. The Labute approximate surface area is 112 Å². The molecule has 0 fully saturated rings. The molecule has 3 N–H and O–H groups in total. The minimum atomic E-state index is -3.90. The number of amidine groups is 1. The van der Waals surface area contributed by atoms with Crippen molar-refractivity contribution in [2.45, 2.75) is 18.7 Å². The largest absolute Gasteiger partial charge is 0.387 e. The van der Waals surface area contributed by atoms with Gasteiger partial charge >= 0.3 is 0 Å². The minimum Gasteiger partial charge on any atom is -0.387 e. The number of nitrogens with one attached hydrogen (secondary N) is 1. The number of benzene rings is 1. The Hall–Kier alpha value is -1.47. The number of hydrogen-bond acceptors (Lipinski definition) is 3. The van der Waals surface area contributed by atoms with Crippen LogP contribution in [-0.2, 0) is 10.0 Å². The molecular formula is C12H18FN3O2S. The normalized spacial score (nSPS) is 13.5. The predicted molar refractivity (Wildman–Crippen MR) is 71.9 cm³/mol. The Balaban J connectivity index is 3.10. The molecule has 0 heterocycles. The van der Waals surface area contributed by atoms with Gasteiger partial charge in [-0.25, -0.2) is 12.8 Å². The highest BCUT2D eigenvalue weighted by molar-refractivity contribution is 7.89. The summed E-state index contributed by atoms with van der Waals surface area (Å²) in [5, 5.41) is 7.30. The van der Waals surface area contributed by atoms with E-state index in [9.17, 15) is 12.8 Å². The fourth-order valence-corrected chi connectivity index (χ4v) is 3.20. The standard InChI is InChI=1S/C12H18FN3O2S/c1-3-16(8-9(2)12(14)15)19(17,18)11-7-5-4-6-10(11)13/h4-7,9H,3,8H2,1-2H3,(H3,14,15). The second kappa shape index (κ2) is 6.12. The van der Waals surface area contributed by atoms with Crippen molar-refractivity contribution in [3.05, 3.63) is 30.1 Å². The Bertz CT molecular complexity index is 560. The molecule has 0 aromatic heterocycles. The van der Waals surface area contributed by atoms with Crippen LogP contribution in [0.5, 0.6) is 0 Å². The molecule has 0 aliphatic heterocycles. The number of nitrogens with zero attached hydrogens (tertiary/aromatic N) is 1. The molecule has 0 saturated heterocycles. The second-order valence-electron chi connectivity index (χ2n) is 4.24. The highest BCUT2D eigenvalue weighted by atomic mass is 32.2. The molecule has 1 atom stereocenters. The molecule has 1 aromatic rings. The molecule has 0 aliphatic rings. The topological polar surface area (TPSA) is 87.2 Å². The summed E-state index contributed by atoms with van der Waals surface area (Å²) in [4.78, 5) is -0.354. The van der Waals surface area contributed by atoms with Crippen LogP contribution in [0.1, 0.15) is 13.8 Å². The van der Waals surface area contributed by atoms with Crippen LogP contribution in [0.25, 0.3) is 0 Å². The molecule has 1 unspecified atom stereocenters. The van der Waals surface area contributed by atoms with E-state index in [1.165, 1.54) is 18.2 Å². The third-order valence-corrected chi connectivity index (χ3v) is 4.79. The molecule has 0 amide bonds. The maximum Gasteiger partial charge on any atom is 0.245 e.